The lowest BCUT2D eigenvalue weighted by Crippen LogP contribution is -1.61. The molecule has 37 valence electrons. The Morgan fingerprint density at radius 2 is 2.57 bits per heavy atom. The maximum absolute atomic E-state index is 5.54. The summed E-state index contributed by atoms with van der Waals surface area (Å²) in [5.41, 5.74) is 0.974. The minimum atomic E-state index is 0.681. The van der Waals surface area contributed by atoms with E-state index in [1.807, 2.05) is 6.92 Å². The van der Waals surface area contributed by atoms with Gasteiger partial charge in [0.05, 0.1) is 0 Å². The van der Waals surface area contributed by atoms with Crippen molar-refractivity contribution in [2.75, 3.05) is 0 Å². The molecule has 0 aromatic carbocycles. The van der Waals surface area contributed by atoms with Gasteiger partial charge in [0.25, 0.3) is 0 Å². The highest BCUT2D eigenvalue weighted by Gasteiger charge is 1.89. The maximum atomic E-state index is 5.54. The van der Waals surface area contributed by atoms with Crippen LogP contribution in [0.1, 0.15) is 5.56 Å². The lowest BCUT2D eigenvalue weighted by molar-refractivity contribution is 1.39. The van der Waals surface area contributed by atoms with Gasteiger partial charge in [-0.05, 0) is 12.5 Å². The summed E-state index contributed by atoms with van der Waals surface area (Å²) in [7, 11) is 0. The highest BCUT2D eigenvalue weighted by atomic mass is 35.5. The number of nitrogens with one attached hydrogen (secondary N) is 1. The van der Waals surface area contributed by atoms with Gasteiger partial charge >= 0.3 is 0 Å². The zero-order valence-corrected chi connectivity index (χ0v) is 4.71. The molecule has 1 radical (unpaired) electrons. The van der Waals surface area contributed by atoms with Crippen LogP contribution in [-0.2, 0) is 0 Å². The molecular formula is C5H5ClN. The van der Waals surface area contributed by atoms with Crippen molar-refractivity contribution in [1.82, 2.24) is 4.98 Å². The first kappa shape index (κ1) is 4.72. The Hall–Kier alpha value is -0.430. The molecule has 0 aliphatic rings. The maximum Gasteiger partial charge on any atom is 0.109 e. The van der Waals surface area contributed by atoms with Gasteiger partial charge in [-0.15, -0.1) is 0 Å². The van der Waals surface area contributed by atoms with Crippen molar-refractivity contribution in [2.45, 2.75) is 6.92 Å². The van der Waals surface area contributed by atoms with Crippen molar-refractivity contribution in [3.63, 3.8) is 0 Å². The minimum Gasteiger partial charge on any atom is -0.352 e. The summed E-state index contributed by atoms with van der Waals surface area (Å²) >= 11 is 5.54. The fourth-order valence-electron chi connectivity index (χ4n) is 0.379. The van der Waals surface area contributed by atoms with Crippen molar-refractivity contribution < 1.29 is 0 Å². The van der Waals surface area contributed by atoms with Crippen molar-refractivity contribution >= 4 is 11.6 Å². The fraction of sp³-hybridized carbons (Fsp3) is 0.200. The third-order valence-corrected chi connectivity index (χ3v) is 1.21. The molecule has 0 atom stereocenters. The molecule has 0 bridgehead atoms. The van der Waals surface area contributed by atoms with Crippen LogP contribution in [-0.4, -0.2) is 4.98 Å². The second-order valence-corrected chi connectivity index (χ2v) is 1.75. The van der Waals surface area contributed by atoms with Crippen LogP contribution in [0, 0.1) is 13.0 Å². The van der Waals surface area contributed by atoms with Crippen LogP contribution >= 0.6 is 11.6 Å². The summed E-state index contributed by atoms with van der Waals surface area (Å²) in [5, 5.41) is 0.681. The van der Waals surface area contributed by atoms with Gasteiger partial charge in [0.15, 0.2) is 0 Å². The SMILES string of the molecule is Cc1[c]c[nH]c1Cl. The van der Waals surface area contributed by atoms with Crippen LogP contribution < -0.4 is 0 Å². The van der Waals surface area contributed by atoms with E-state index in [0.29, 0.717) is 5.15 Å². The van der Waals surface area contributed by atoms with Crippen LogP contribution in [0.25, 0.3) is 0 Å². The van der Waals surface area contributed by atoms with Crippen molar-refractivity contribution in [1.29, 1.82) is 0 Å². The Morgan fingerprint density at radius 1 is 1.86 bits per heavy atom. The molecule has 1 N–H and O–H groups in total. The highest BCUT2D eigenvalue weighted by molar-refractivity contribution is 6.30. The van der Waals surface area contributed by atoms with Gasteiger partial charge < -0.3 is 4.98 Å². The molecule has 0 unspecified atom stereocenters. The normalized spacial score (nSPS) is 9.43. The van der Waals surface area contributed by atoms with E-state index in [2.05, 4.69) is 11.1 Å². The van der Waals surface area contributed by atoms with Crippen LogP contribution in [0.2, 0.25) is 5.15 Å². The first-order valence-electron chi connectivity index (χ1n) is 2.02. The van der Waals surface area contributed by atoms with Gasteiger partial charge in [0.2, 0.25) is 0 Å². The van der Waals surface area contributed by atoms with Crippen LogP contribution in [0.15, 0.2) is 6.20 Å². The van der Waals surface area contributed by atoms with Crippen molar-refractivity contribution in [3.8, 4) is 0 Å². The average Bonchev–Trinajstić information content (AvgIpc) is 1.91. The monoisotopic (exact) mass is 114 g/mol. The van der Waals surface area contributed by atoms with E-state index < -0.39 is 0 Å². The first-order valence-corrected chi connectivity index (χ1v) is 2.39. The standard InChI is InChI=1S/C5H5ClN/c1-4-2-3-7-5(4)6/h3,7H,1H3. The zero-order valence-electron chi connectivity index (χ0n) is 3.96. The van der Waals surface area contributed by atoms with E-state index in [0.717, 1.165) is 5.56 Å². The quantitative estimate of drug-likeness (QED) is 0.529. The third-order valence-electron chi connectivity index (χ3n) is 0.817. The molecule has 7 heavy (non-hydrogen) atoms. The van der Waals surface area contributed by atoms with E-state index in [1.54, 1.807) is 6.20 Å². The summed E-state index contributed by atoms with van der Waals surface area (Å²) in [4.78, 5) is 2.78. The Kier molecular flexibility index (Phi) is 1.07. The number of H-pyrrole nitrogens is 1. The van der Waals surface area contributed by atoms with Crippen LogP contribution in [0.4, 0.5) is 0 Å². The van der Waals surface area contributed by atoms with Crippen molar-refractivity contribution in [3.05, 3.63) is 23.0 Å². The van der Waals surface area contributed by atoms with Crippen LogP contribution in [0.5, 0.6) is 0 Å². The molecule has 0 fully saturated rings. The second kappa shape index (κ2) is 1.58. The molecule has 0 saturated heterocycles. The summed E-state index contributed by atoms with van der Waals surface area (Å²) < 4.78 is 0. The second-order valence-electron chi connectivity index (χ2n) is 1.37. The van der Waals surface area contributed by atoms with Crippen LogP contribution in [0.3, 0.4) is 0 Å². The molecule has 0 spiro atoms. The summed E-state index contributed by atoms with van der Waals surface area (Å²) in [5.74, 6) is 0. The molecule has 1 aromatic rings. The number of halogens is 1. The highest BCUT2D eigenvalue weighted by Crippen LogP contribution is 2.08. The lowest BCUT2D eigenvalue weighted by atomic mass is 10.4. The Morgan fingerprint density at radius 3 is 2.71 bits per heavy atom. The molecule has 1 rings (SSSR count). The number of aryl methyl sites for hydroxylation is 1. The predicted molar refractivity (Wildman–Crippen MR) is 29.4 cm³/mol. The Bertz CT molecular complexity index is 140. The van der Waals surface area contributed by atoms with E-state index in [-0.39, 0.29) is 0 Å². The fourth-order valence-corrected chi connectivity index (χ4v) is 0.488. The molecular weight excluding hydrogens is 110 g/mol. The van der Waals surface area contributed by atoms with E-state index in [1.165, 1.54) is 0 Å². The number of rotatable bonds is 0. The topological polar surface area (TPSA) is 15.8 Å². The minimum absolute atomic E-state index is 0.681. The smallest absolute Gasteiger partial charge is 0.109 e. The van der Waals surface area contributed by atoms with E-state index in [9.17, 15) is 0 Å². The number of hydrogen-bond donors (Lipinski definition) is 1. The summed E-state index contributed by atoms with van der Waals surface area (Å²) in [6.45, 7) is 1.90. The molecule has 2 heteroatoms. The first-order chi connectivity index (χ1) is 3.30. The van der Waals surface area contributed by atoms with Gasteiger partial charge in [-0.3, -0.25) is 0 Å². The molecule has 1 heterocycles. The van der Waals surface area contributed by atoms with Gasteiger partial charge in [-0.1, -0.05) is 11.6 Å². The van der Waals surface area contributed by atoms with Gasteiger partial charge in [-0.2, -0.15) is 0 Å². The summed E-state index contributed by atoms with van der Waals surface area (Å²) in [6, 6.07) is 2.88. The number of aromatic nitrogens is 1. The number of hydrogen-bond acceptors (Lipinski definition) is 0. The third kappa shape index (κ3) is 0.775. The average molecular weight is 115 g/mol. The predicted octanol–water partition coefficient (Wildman–Crippen LogP) is 1.78. The Balaban J connectivity index is 3.12. The van der Waals surface area contributed by atoms with E-state index >= 15 is 0 Å². The van der Waals surface area contributed by atoms with Gasteiger partial charge in [-0.25, -0.2) is 0 Å². The van der Waals surface area contributed by atoms with Gasteiger partial charge in [0, 0.05) is 12.3 Å². The Labute approximate surface area is 47.3 Å². The molecule has 0 aliphatic carbocycles. The number of aromatic amines is 1. The molecule has 0 saturated carbocycles. The summed E-state index contributed by atoms with van der Waals surface area (Å²) in [6.07, 6.45) is 1.69. The molecule has 1 aromatic heterocycles. The molecule has 0 amide bonds. The van der Waals surface area contributed by atoms with Crippen molar-refractivity contribution in [2.24, 2.45) is 0 Å². The largest absolute Gasteiger partial charge is 0.352 e. The zero-order chi connectivity index (χ0) is 5.28. The molecule has 1 nitrogen and oxygen atoms in total. The van der Waals surface area contributed by atoms with Gasteiger partial charge in [0.1, 0.15) is 5.15 Å². The molecule has 0 aliphatic heterocycles. The lowest BCUT2D eigenvalue weighted by Gasteiger charge is -1.77. The van der Waals surface area contributed by atoms with E-state index in [4.69, 9.17) is 11.6 Å².